The van der Waals surface area contributed by atoms with Crippen LogP contribution in [0.2, 0.25) is 0 Å². The number of piperazine rings is 1. The molecular formula is C18H17N5O5. The first-order valence-electron chi connectivity index (χ1n) is 8.74. The summed E-state index contributed by atoms with van der Waals surface area (Å²) in [6.07, 6.45) is -0.361. The monoisotopic (exact) mass is 383 g/mol. The minimum Gasteiger partial charge on any atom is -0.445 e. The molecule has 144 valence electrons. The van der Waals surface area contributed by atoms with Gasteiger partial charge in [-0.25, -0.2) is 9.42 Å². The summed E-state index contributed by atoms with van der Waals surface area (Å²) in [5.41, 5.74) is 1.94. The van der Waals surface area contributed by atoms with Gasteiger partial charge in [0, 0.05) is 32.2 Å². The van der Waals surface area contributed by atoms with Gasteiger partial charge in [0.15, 0.2) is 5.52 Å². The smallest absolute Gasteiger partial charge is 0.410 e. The molecule has 1 aliphatic rings. The van der Waals surface area contributed by atoms with Gasteiger partial charge in [0.1, 0.15) is 6.61 Å². The van der Waals surface area contributed by atoms with Gasteiger partial charge in [-0.05, 0) is 21.9 Å². The molecule has 0 N–H and O–H groups in total. The average molecular weight is 383 g/mol. The van der Waals surface area contributed by atoms with Crippen LogP contribution >= 0.6 is 0 Å². The van der Waals surface area contributed by atoms with Crippen molar-refractivity contribution in [2.24, 2.45) is 0 Å². The lowest BCUT2D eigenvalue weighted by Crippen LogP contribution is -2.49. The van der Waals surface area contributed by atoms with Crippen molar-refractivity contribution < 1.29 is 19.1 Å². The van der Waals surface area contributed by atoms with Gasteiger partial charge >= 0.3 is 11.8 Å². The van der Waals surface area contributed by atoms with Gasteiger partial charge in [-0.3, -0.25) is 10.1 Å². The molecule has 1 aliphatic heterocycles. The zero-order chi connectivity index (χ0) is 19.5. The summed E-state index contributed by atoms with van der Waals surface area (Å²) in [4.78, 5) is 26.5. The molecule has 2 heterocycles. The van der Waals surface area contributed by atoms with Crippen LogP contribution in [0.15, 0.2) is 47.1 Å². The number of amides is 1. The van der Waals surface area contributed by atoms with E-state index in [2.05, 4.69) is 10.3 Å². The standard InChI is InChI=1S/C18H17N5O5/c24-18(27-12-13-4-2-1-3-5-13)22-10-8-21(9-11-22)14-6-7-15(23(25)26)17-16(14)19-28-20-17/h1-7H,8-12H2. The molecule has 3 aromatic rings. The number of fused-ring (bicyclic) bond motifs is 1. The summed E-state index contributed by atoms with van der Waals surface area (Å²) in [5.74, 6) is 0. The Bertz CT molecular complexity index is 998. The largest absolute Gasteiger partial charge is 0.445 e. The van der Waals surface area contributed by atoms with Crippen LogP contribution in [0.3, 0.4) is 0 Å². The predicted molar refractivity (Wildman–Crippen MR) is 98.9 cm³/mol. The van der Waals surface area contributed by atoms with E-state index in [0.717, 1.165) is 5.56 Å². The zero-order valence-corrected chi connectivity index (χ0v) is 14.9. The number of nitrogens with zero attached hydrogens (tertiary/aromatic N) is 5. The molecule has 0 radical (unpaired) electrons. The van der Waals surface area contributed by atoms with E-state index >= 15 is 0 Å². The second-order valence-electron chi connectivity index (χ2n) is 6.34. The fraction of sp³-hybridized carbons (Fsp3) is 0.278. The number of hydrogen-bond acceptors (Lipinski definition) is 8. The van der Waals surface area contributed by atoms with Crippen LogP contribution in [0.1, 0.15) is 5.56 Å². The van der Waals surface area contributed by atoms with Gasteiger partial charge in [-0.2, -0.15) is 0 Å². The second kappa shape index (κ2) is 7.51. The van der Waals surface area contributed by atoms with Crippen LogP contribution in [0.25, 0.3) is 11.0 Å². The zero-order valence-electron chi connectivity index (χ0n) is 14.9. The summed E-state index contributed by atoms with van der Waals surface area (Å²) < 4.78 is 10.1. The van der Waals surface area contributed by atoms with Gasteiger partial charge in [0.25, 0.3) is 0 Å². The van der Waals surface area contributed by atoms with E-state index in [1.54, 1.807) is 11.0 Å². The van der Waals surface area contributed by atoms with Crippen molar-refractivity contribution in [3.05, 3.63) is 58.1 Å². The Hall–Kier alpha value is -3.69. The number of nitro groups is 1. The number of ether oxygens (including phenoxy) is 1. The van der Waals surface area contributed by atoms with Gasteiger partial charge in [-0.15, -0.1) is 0 Å². The second-order valence-corrected chi connectivity index (χ2v) is 6.34. The SMILES string of the molecule is O=C(OCc1ccccc1)N1CCN(c2ccc([N+](=O)[O-])c3nonc23)CC1. The Labute approximate surface area is 159 Å². The Morgan fingerprint density at radius 1 is 1.07 bits per heavy atom. The van der Waals surface area contributed by atoms with Gasteiger partial charge in [-0.1, -0.05) is 30.3 Å². The molecule has 0 atom stereocenters. The molecule has 2 aromatic carbocycles. The fourth-order valence-corrected chi connectivity index (χ4v) is 3.18. The molecule has 0 aliphatic carbocycles. The lowest BCUT2D eigenvalue weighted by molar-refractivity contribution is -0.383. The Morgan fingerprint density at radius 2 is 1.79 bits per heavy atom. The third-order valence-electron chi connectivity index (χ3n) is 4.65. The van der Waals surface area contributed by atoms with E-state index in [1.165, 1.54) is 6.07 Å². The maximum Gasteiger partial charge on any atom is 0.410 e. The van der Waals surface area contributed by atoms with E-state index in [9.17, 15) is 14.9 Å². The number of non-ortho nitro benzene ring substituents is 1. The van der Waals surface area contributed by atoms with E-state index < -0.39 is 4.92 Å². The highest BCUT2D eigenvalue weighted by molar-refractivity contribution is 5.93. The third-order valence-corrected chi connectivity index (χ3v) is 4.65. The lowest BCUT2D eigenvalue weighted by Gasteiger charge is -2.35. The molecule has 1 fully saturated rings. The minimum atomic E-state index is -0.517. The molecular weight excluding hydrogens is 366 g/mol. The Morgan fingerprint density at radius 3 is 2.50 bits per heavy atom. The molecule has 0 saturated carbocycles. The van der Waals surface area contributed by atoms with Crippen LogP contribution in [0.5, 0.6) is 0 Å². The molecule has 10 heteroatoms. The van der Waals surface area contributed by atoms with Crippen molar-refractivity contribution in [1.29, 1.82) is 0 Å². The van der Waals surface area contributed by atoms with E-state index in [-0.39, 0.29) is 23.9 Å². The Balaban J connectivity index is 1.40. The molecule has 1 aromatic heterocycles. The summed E-state index contributed by atoms with van der Waals surface area (Å²) >= 11 is 0. The lowest BCUT2D eigenvalue weighted by atomic mass is 10.2. The highest BCUT2D eigenvalue weighted by atomic mass is 16.6. The summed E-state index contributed by atoms with van der Waals surface area (Å²) in [6, 6.07) is 12.5. The number of nitro benzene ring substituents is 1. The van der Waals surface area contributed by atoms with E-state index in [4.69, 9.17) is 9.37 Å². The molecule has 0 bridgehead atoms. The molecule has 0 unspecified atom stereocenters. The number of carbonyl (C=O) groups excluding carboxylic acids is 1. The number of hydrogen-bond donors (Lipinski definition) is 0. The number of aromatic nitrogens is 2. The molecule has 10 nitrogen and oxygen atoms in total. The highest BCUT2D eigenvalue weighted by Crippen LogP contribution is 2.31. The van der Waals surface area contributed by atoms with Crippen molar-refractivity contribution in [3.8, 4) is 0 Å². The van der Waals surface area contributed by atoms with E-state index in [1.807, 2.05) is 35.2 Å². The van der Waals surface area contributed by atoms with Crippen molar-refractivity contribution in [3.63, 3.8) is 0 Å². The van der Waals surface area contributed by atoms with Crippen LogP contribution in [0, 0.1) is 10.1 Å². The number of benzene rings is 2. The first-order valence-corrected chi connectivity index (χ1v) is 8.74. The first kappa shape index (κ1) is 17.7. The quantitative estimate of drug-likeness (QED) is 0.499. The van der Waals surface area contributed by atoms with Gasteiger partial charge in [0.05, 0.1) is 10.6 Å². The van der Waals surface area contributed by atoms with Crippen LogP contribution in [-0.4, -0.2) is 52.4 Å². The topological polar surface area (TPSA) is 115 Å². The average Bonchev–Trinajstić information content (AvgIpc) is 3.22. The van der Waals surface area contributed by atoms with Crippen molar-refractivity contribution in [1.82, 2.24) is 15.2 Å². The molecule has 0 spiro atoms. The predicted octanol–water partition coefficient (Wildman–Crippen LogP) is 2.59. The molecule has 1 saturated heterocycles. The normalized spacial score (nSPS) is 14.3. The fourth-order valence-electron chi connectivity index (χ4n) is 3.18. The third kappa shape index (κ3) is 3.43. The van der Waals surface area contributed by atoms with Crippen LogP contribution in [-0.2, 0) is 11.3 Å². The van der Waals surface area contributed by atoms with Crippen LogP contribution < -0.4 is 4.90 Å². The maximum absolute atomic E-state index is 12.3. The van der Waals surface area contributed by atoms with Gasteiger partial charge < -0.3 is 14.5 Å². The minimum absolute atomic E-state index is 0.118. The Kier molecular flexibility index (Phi) is 4.75. The maximum atomic E-state index is 12.3. The molecule has 28 heavy (non-hydrogen) atoms. The van der Waals surface area contributed by atoms with Gasteiger partial charge in [0.2, 0.25) is 5.52 Å². The molecule has 1 amide bonds. The van der Waals surface area contributed by atoms with Crippen molar-refractivity contribution in [2.45, 2.75) is 6.61 Å². The van der Waals surface area contributed by atoms with Crippen molar-refractivity contribution >= 4 is 28.5 Å². The number of rotatable bonds is 4. The molecule has 4 rings (SSSR count). The number of carbonyl (C=O) groups is 1. The summed E-state index contributed by atoms with van der Waals surface area (Å²) in [7, 11) is 0. The number of anilines is 1. The van der Waals surface area contributed by atoms with E-state index in [0.29, 0.717) is 37.4 Å². The first-order chi connectivity index (χ1) is 13.6. The summed E-state index contributed by atoms with van der Waals surface area (Å²) in [6.45, 7) is 2.25. The van der Waals surface area contributed by atoms with Crippen molar-refractivity contribution in [2.75, 3.05) is 31.1 Å². The summed E-state index contributed by atoms with van der Waals surface area (Å²) in [5, 5.41) is 18.6. The highest BCUT2D eigenvalue weighted by Gasteiger charge is 2.26. The van der Waals surface area contributed by atoms with Crippen LogP contribution in [0.4, 0.5) is 16.2 Å².